The second-order valence-electron chi connectivity index (χ2n) is 5.88. The molecule has 1 atom stereocenters. The number of hydrogen-bond acceptors (Lipinski definition) is 4. The summed E-state index contributed by atoms with van der Waals surface area (Å²) < 4.78 is 0. The van der Waals surface area contributed by atoms with Crippen molar-refractivity contribution in [1.29, 1.82) is 0 Å². The van der Waals surface area contributed by atoms with Gasteiger partial charge < -0.3 is 5.32 Å². The second kappa shape index (κ2) is 8.01. The Morgan fingerprint density at radius 1 is 1.12 bits per heavy atom. The molecule has 5 nitrogen and oxygen atoms in total. The van der Waals surface area contributed by atoms with E-state index in [1.165, 1.54) is 17.8 Å². The number of hydrogen-bond donors (Lipinski definition) is 1. The average molecular weight is 366 g/mol. The van der Waals surface area contributed by atoms with Gasteiger partial charge in [-0.3, -0.25) is 14.9 Å². The van der Waals surface area contributed by atoms with Gasteiger partial charge in [0.05, 0.1) is 10.7 Å². The number of carbonyl (C=O) groups excluding carboxylic acids is 1. The fourth-order valence-corrected chi connectivity index (χ4v) is 3.52. The molecule has 0 radical (unpaired) electrons. The van der Waals surface area contributed by atoms with E-state index < -0.39 is 4.92 Å². The Kier molecular flexibility index (Phi) is 5.53. The minimum atomic E-state index is -0.409. The molecular formula is C20H18N2O3S. The highest BCUT2D eigenvalue weighted by Gasteiger charge is 2.13. The normalized spacial score (nSPS) is 11.9. The van der Waals surface area contributed by atoms with Crippen LogP contribution < -0.4 is 5.32 Å². The maximum absolute atomic E-state index is 12.3. The third kappa shape index (κ3) is 4.21. The van der Waals surface area contributed by atoms with Crippen LogP contribution in [0.2, 0.25) is 0 Å². The maximum Gasteiger partial charge on any atom is 0.269 e. The van der Waals surface area contributed by atoms with E-state index in [9.17, 15) is 14.9 Å². The molecule has 0 aliphatic heterocycles. The van der Waals surface area contributed by atoms with Gasteiger partial charge in [-0.15, -0.1) is 11.8 Å². The summed E-state index contributed by atoms with van der Waals surface area (Å²) in [5.74, 6) is 0.177. The number of fused-ring (bicyclic) bond motifs is 1. The lowest BCUT2D eigenvalue weighted by Crippen LogP contribution is -2.15. The molecule has 3 aromatic carbocycles. The zero-order chi connectivity index (χ0) is 18.5. The van der Waals surface area contributed by atoms with Gasteiger partial charge in [0.25, 0.3) is 5.69 Å². The smallest absolute Gasteiger partial charge is 0.269 e. The highest BCUT2D eigenvalue weighted by Crippen LogP contribution is 2.30. The van der Waals surface area contributed by atoms with Gasteiger partial charge >= 0.3 is 0 Å². The molecule has 3 rings (SSSR count). The number of rotatable bonds is 6. The molecule has 0 bridgehead atoms. The van der Waals surface area contributed by atoms with Crippen LogP contribution in [0.3, 0.4) is 0 Å². The minimum absolute atomic E-state index is 0.0202. The van der Waals surface area contributed by atoms with Crippen molar-refractivity contribution >= 4 is 39.8 Å². The Balaban J connectivity index is 1.63. The van der Waals surface area contributed by atoms with Crippen LogP contribution in [0.1, 0.15) is 17.7 Å². The fraction of sp³-hybridized carbons (Fsp3) is 0.150. The van der Waals surface area contributed by atoms with Crippen molar-refractivity contribution in [3.05, 3.63) is 82.4 Å². The van der Waals surface area contributed by atoms with Gasteiger partial charge in [0.1, 0.15) is 0 Å². The molecule has 0 aliphatic rings. The lowest BCUT2D eigenvalue weighted by atomic mass is 10.1. The van der Waals surface area contributed by atoms with Gasteiger partial charge in [-0.1, -0.05) is 48.5 Å². The number of carbonyl (C=O) groups is 1. The molecule has 0 unspecified atom stereocenters. The summed E-state index contributed by atoms with van der Waals surface area (Å²) in [6.45, 7) is 1.94. The van der Waals surface area contributed by atoms with Gasteiger partial charge in [0.2, 0.25) is 5.91 Å². The number of non-ortho nitro benzene ring substituents is 1. The Bertz CT molecular complexity index is 953. The van der Waals surface area contributed by atoms with Crippen molar-refractivity contribution in [1.82, 2.24) is 0 Å². The van der Waals surface area contributed by atoms with Gasteiger partial charge in [-0.2, -0.15) is 0 Å². The number of nitrogens with one attached hydrogen (secondary N) is 1. The summed E-state index contributed by atoms with van der Waals surface area (Å²) in [7, 11) is 0. The van der Waals surface area contributed by atoms with Crippen LogP contribution in [0.4, 0.5) is 11.4 Å². The molecule has 1 amide bonds. The standard InChI is InChI=1S/C20H18N2O3S/c1-14(16-8-4-9-17(12-16)22(24)25)26-13-20(23)21-19-11-5-7-15-6-2-3-10-18(15)19/h2-12,14H,13H2,1H3,(H,21,23)/t14-/m0/s1. The highest BCUT2D eigenvalue weighted by molar-refractivity contribution is 8.00. The van der Waals surface area contributed by atoms with E-state index in [1.807, 2.05) is 55.5 Å². The fourth-order valence-electron chi connectivity index (χ4n) is 2.71. The molecule has 0 heterocycles. The van der Waals surface area contributed by atoms with Crippen LogP contribution in [0, 0.1) is 10.1 Å². The van der Waals surface area contributed by atoms with E-state index in [0.29, 0.717) is 0 Å². The van der Waals surface area contributed by atoms with Crippen molar-refractivity contribution in [2.45, 2.75) is 12.2 Å². The van der Waals surface area contributed by atoms with E-state index in [2.05, 4.69) is 5.32 Å². The van der Waals surface area contributed by atoms with Crippen molar-refractivity contribution in [2.24, 2.45) is 0 Å². The third-order valence-corrected chi connectivity index (χ3v) is 5.28. The predicted molar refractivity (Wildman–Crippen MR) is 107 cm³/mol. The molecule has 26 heavy (non-hydrogen) atoms. The number of anilines is 1. The summed E-state index contributed by atoms with van der Waals surface area (Å²) in [5, 5.41) is 15.9. The van der Waals surface area contributed by atoms with E-state index >= 15 is 0 Å². The quantitative estimate of drug-likeness (QED) is 0.482. The summed E-state index contributed by atoms with van der Waals surface area (Å²) >= 11 is 1.45. The highest BCUT2D eigenvalue weighted by atomic mass is 32.2. The van der Waals surface area contributed by atoms with Crippen molar-refractivity contribution in [3.8, 4) is 0 Å². The number of thioether (sulfide) groups is 1. The van der Waals surface area contributed by atoms with Crippen LogP contribution in [0.15, 0.2) is 66.7 Å². The average Bonchev–Trinajstić information content (AvgIpc) is 2.66. The van der Waals surface area contributed by atoms with Crippen LogP contribution in [-0.4, -0.2) is 16.6 Å². The third-order valence-electron chi connectivity index (χ3n) is 4.08. The monoisotopic (exact) mass is 366 g/mol. The zero-order valence-electron chi connectivity index (χ0n) is 14.2. The van der Waals surface area contributed by atoms with Gasteiger partial charge in [0.15, 0.2) is 0 Å². The number of nitro benzene ring substituents is 1. The number of amides is 1. The van der Waals surface area contributed by atoms with Crippen LogP contribution in [0.5, 0.6) is 0 Å². The summed E-state index contributed by atoms with van der Waals surface area (Å²) in [6, 6.07) is 20.2. The van der Waals surface area contributed by atoms with Crippen LogP contribution in [-0.2, 0) is 4.79 Å². The first-order valence-corrected chi connectivity index (χ1v) is 9.23. The van der Waals surface area contributed by atoms with Crippen LogP contribution >= 0.6 is 11.8 Å². The lowest BCUT2D eigenvalue weighted by Gasteiger charge is -2.12. The number of benzene rings is 3. The summed E-state index contributed by atoms with van der Waals surface area (Å²) in [5.41, 5.74) is 1.69. The molecule has 0 fully saturated rings. The van der Waals surface area contributed by atoms with Gasteiger partial charge in [-0.25, -0.2) is 0 Å². The van der Waals surface area contributed by atoms with Gasteiger partial charge in [-0.05, 0) is 23.9 Å². The van der Waals surface area contributed by atoms with E-state index in [0.717, 1.165) is 22.0 Å². The van der Waals surface area contributed by atoms with Gasteiger partial charge in [0, 0.05) is 28.5 Å². The molecule has 132 valence electrons. The van der Waals surface area contributed by atoms with Crippen molar-refractivity contribution < 1.29 is 9.72 Å². The Morgan fingerprint density at radius 2 is 1.85 bits per heavy atom. The maximum atomic E-state index is 12.3. The number of nitro groups is 1. The molecule has 1 N–H and O–H groups in total. The molecule has 3 aromatic rings. The topological polar surface area (TPSA) is 72.2 Å². The first kappa shape index (κ1) is 17.9. The molecule has 0 saturated heterocycles. The summed E-state index contributed by atoms with van der Waals surface area (Å²) in [4.78, 5) is 22.8. The Hall–Kier alpha value is -2.86. The first-order chi connectivity index (χ1) is 12.5. The predicted octanol–water partition coefficient (Wildman–Crippen LogP) is 5.18. The second-order valence-corrected chi connectivity index (χ2v) is 7.21. The number of nitrogens with zero attached hydrogens (tertiary/aromatic N) is 1. The lowest BCUT2D eigenvalue weighted by molar-refractivity contribution is -0.384. The SMILES string of the molecule is C[C@H](SCC(=O)Nc1cccc2ccccc12)c1cccc([N+](=O)[O-])c1. The van der Waals surface area contributed by atoms with E-state index in [1.54, 1.807) is 12.1 Å². The first-order valence-electron chi connectivity index (χ1n) is 8.18. The Labute approximate surface area is 155 Å². The zero-order valence-corrected chi connectivity index (χ0v) is 15.0. The Morgan fingerprint density at radius 3 is 2.65 bits per heavy atom. The van der Waals surface area contributed by atoms with E-state index in [4.69, 9.17) is 0 Å². The van der Waals surface area contributed by atoms with Crippen molar-refractivity contribution in [2.75, 3.05) is 11.1 Å². The summed E-state index contributed by atoms with van der Waals surface area (Å²) in [6.07, 6.45) is 0. The van der Waals surface area contributed by atoms with Crippen LogP contribution in [0.25, 0.3) is 10.8 Å². The minimum Gasteiger partial charge on any atom is -0.325 e. The molecule has 0 aliphatic carbocycles. The largest absolute Gasteiger partial charge is 0.325 e. The van der Waals surface area contributed by atoms with E-state index in [-0.39, 0.29) is 22.6 Å². The van der Waals surface area contributed by atoms with Crippen molar-refractivity contribution in [3.63, 3.8) is 0 Å². The molecule has 0 spiro atoms. The molecule has 0 aromatic heterocycles. The molecule has 6 heteroatoms. The molecular weight excluding hydrogens is 348 g/mol. The molecule has 0 saturated carbocycles.